The van der Waals surface area contributed by atoms with Gasteiger partial charge in [0, 0.05) is 19.1 Å². The summed E-state index contributed by atoms with van der Waals surface area (Å²) in [5, 5.41) is 15.4. The van der Waals surface area contributed by atoms with Crippen LogP contribution in [0.15, 0.2) is 0 Å². The normalized spacial score (nSPS) is 27.0. The molecule has 2 rings (SSSR count). The quantitative estimate of drug-likeness (QED) is 0.749. The van der Waals surface area contributed by atoms with Gasteiger partial charge in [0.15, 0.2) is 0 Å². The molecule has 1 aliphatic heterocycles. The summed E-state index contributed by atoms with van der Waals surface area (Å²) in [6.07, 6.45) is 4.77. The van der Waals surface area contributed by atoms with Gasteiger partial charge in [-0.15, -0.1) is 0 Å². The number of nitrogens with zero attached hydrogens (tertiary/aromatic N) is 2. The number of hydrogen-bond acceptors (Lipinski definition) is 4. The maximum Gasteiger partial charge on any atom is 0.235 e. The molecule has 0 spiro atoms. The van der Waals surface area contributed by atoms with Crippen molar-refractivity contribution >= 4 is 5.91 Å². The van der Waals surface area contributed by atoms with Crippen LogP contribution in [0.4, 0.5) is 0 Å². The molecule has 0 radical (unpaired) electrons. The van der Waals surface area contributed by atoms with Crippen LogP contribution in [0.25, 0.3) is 0 Å². The molecule has 5 heteroatoms. The van der Waals surface area contributed by atoms with Gasteiger partial charge >= 0.3 is 0 Å². The zero-order chi connectivity index (χ0) is 13.0. The van der Waals surface area contributed by atoms with E-state index in [1.807, 2.05) is 7.05 Å². The summed E-state index contributed by atoms with van der Waals surface area (Å²) in [7, 11) is 1.96. The average Bonchev–Trinajstić information content (AvgIpc) is 2.99. The van der Waals surface area contributed by atoms with E-state index in [2.05, 4.69) is 21.6 Å². The third-order valence-electron chi connectivity index (χ3n) is 4.10. The lowest BCUT2D eigenvalue weighted by Gasteiger charge is -2.24. The Bertz CT molecular complexity index is 343. The van der Waals surface area contributed by atoms with Crippen molar-refractivity contribution in [3.05, 3.63) is 0 Å². The van der Waals surface area contributed by atoms with Crippen molar-refractivity contribution in [2.75, 3.05) is 26.7 Å². The first-order valence-corrected chi connectivity index (χ1v) is 6.79. The molecule has 1 unspecified atom stereocenters. The summed E-state index contributed by atoms with van der Waals surface area (Å²) in [6.45, 7) is 2.30. The zero-order valence-corrected chi connectivity index (χ0v) is 11.0. The molecule has 18 heavy (non-hydrogen) atoms. The lowest BCUT2D eigenvalue weighted by molar-refractivity contribution is -0.123. The highest BCUT2D eigenvalue weighted by atomic mass is 16.2. The number of nitrogens with one attached hydrogen (secondary N) is 2. The molecule has 1 aliphatic carbocycles. The lowest BCUT2D eigenvalue weighted by atomic mass is 10.00. The summed E-state index contributed by atoms with van der Waals surface area (Å²) >= 11 is 0. The van der Waals surface area contributed by atoms with E-state index in [0.29, 0.717) is 12.6 Å². The molecule has 0 aromatic carbocycles. The Morgan fingerprint density at radius 3 is 2.78 bits per heavy atom. The maximum absolute atomic E-state index is 12.0. The number of carbonyl (C=O) groups is 1. The topological polar surface area (TPSA) is 68.2 Å². The number of amides is 1. The number of carbonyl (C=O) groups excluding carboxylic acids is 1. The third kappa shape index (κ3) is 3.01. The molecule has 2 fully saturated rings. The van der Waals surface area contributed by atoms with Crippen molar-refractivity contribution < 1.29 is 4.79 Å². The van der Waals surface area contributed by atoms with E-state index >= 15 is 0 Å². The van der Waals surface area contributed by atoms with Crippen LogP contribution in [-0.4, -0.2) is 49.1 Å². The number of rotatable bonds is 4. The monoisotopic (exact) mass is 250 g/mol. The summed E-state index contributed by atoms with van der Waals surface area (Å²) in [6, 6.07) is 2.79. The van der Waals surface area contributed by atoms with Crippen LogP contribution in [-0.2, 0) is 4.79 Å². The van der Waals surface area contributed by atoms with Gasteiger partial charge < -0.3 is 10.6 Å². The molecule has 2 N–H and O–H groups in total. The summed E-state index contributed by atoms with van der Waals surface area (Å²) in [4.78, 5) is 14.1. The van der Waals surface area contributed by atoms with Crippen molar-refractivity contribution in [1.29, 1.82) is 5.26 Å². The van der Waals surface area contributed by atoms with Crippen LogP contribution in [0.2, 0.25) is 0 Å². The first-order chi connectivity index (χ1) is 8.67. The van der Waals surface area contributed by atoms with Crippen molar-refractivity contribution in [3.63, 3.8) is 0 Å². The fourth-order valence-corrected chi connectivity index (χ4v) is 2.96. The van der Waals surface area contributed by atoms with Crippen molar-refractivity contribution in [1.82, 2.24) is 15.5 Å². The molecule has 1 atom stereocenters. The van der Waals surface area contributed by atoms with E-state index in [1.54, 1.807) is 0 Å². The van der Waals surface area contributed by atoms with E-state index in [4.69, 9.17) is 0 Å². The number of likely N-dealkylation sites (tertiary alicyclic amines) is 1. The summed E-state index contributed by atoms with van der Waals surface area (Å²) < 4.78 is 0. The minimum atomic E-state index is -0.584. The van der Waals surface area contributed by atoms with Crippen LogP contribution in [0, 0.1) is 11.3 Å². The van der Waals surface area contributed by atoms with Crippen molar-refractivity contribution in [2.24, 2.45) is 0 Å². The molecule has 5 nitrogen and oxygen atoms in total. The van der Waals surface area contributed by atoms with E-state index in [-0.39, 0.29) is 5.91 Å². The Morgan fingerprint density at radius 2 is 2.22 bits per heavy atom. The van der Waals surface area contributed by atoms with Crippen LogP contribution in [0.3, 0.4) is 0 Å². The number of likely N-dealkylation sites (N-methyl/N-ethyl adjacent to an activating group) is 1. The van der Waals surface area contributed by atoms with Gasteiger partial charge in [-0.25, -0.2) is 0 Å². The van der Waals surface area contributed by atoms with Crippen LogP contribution in [0.1, 0.15) is 32.1 Å². The standard InChI is InChI=1S/C13H22N4O/c1-15-11-4-7-17(8-11)9-12(18)16-13(10-14)5-2-3-6-13/h11,15H,2-9H2,1H3,(H,16,18). The fraction of sp³-hybridized carbons (Fsp3) is 0.846. The molecule has 1 saturated carbocycles. The molecule has 100 valence electrons. The SMILES string of the molecule is CNC1CCN(CC(=O)NC2(C#N)CCCC2)C1. The second kappa shape index (κ2) is 5.68. The Morgan fingerprint density at radius 1 is 1.50 bits per heavy atom. The highest BCUT2D eigenvalue weighted by molar-refractivity contribution is 5.79. The predicted molar refractivity (Wildman–Crippen MR) is 68.9 cm³/mol. The fourth-order valence-electron chi connectivity index (χ4n) is 2.96. The first kappa shape index (κ1) is 13.3. The summed E-state index contributed by atoms with van der Waals surface area (Å²) in [5.74, 6) is -0.00444. The molecule has 1 saturated heterocycles. The van der Waals surface area contributed by atoms with Gasteiger partial charge in [0.2, 0.25) is 5.91 Å². The molecule has 1 heterocycles. The third-order valence-corrected chi connectivity index (χ3v) is 4.10. The van der Waals surface area contributed by atoms with Crippen LogP contribution < -0.4 is 10.6 Å². The molecular formula is C13H22N4O. The van der Waals surface area contributed by atoms with Gasteiger partial charge in [0.25, 0.3) is 0 Å². The van der Waals surface area contributed by atoms with E-state index in [9.17, 15) is 10.1 Å². The molecular weight excluding hydrogens is 228 g/mol. The smallest absolute Gasteiger partial charge is 0.235 e. The Labute approximate surface area is 109 Å². The van der Waals surface area contributed by atoms with Gasteiger partial charge in [-0.3, -0.25) is 9.69 Å². The van der Waals surface area contributed by atoms with Crippen molar-refractivity contribution in [3.8, 4) is 6.07 Å². The van der Waals surface area contributed by atoms with Crippen LogP contribution in [0.5, 0.6) is 0 Å². The van der Waals surface area contributed by atoms with E-state index in [1.165, 1.54) is 0 Å². The largest absolute Gasteiger partial charge is 0.337 e. The van der Waals surface area contributed by atoms with Gasteiger partial charge in [0.05, 0.1) is 12.6 Å². The van der Waals surface area contributed by atoms with E-state index in [0.717, 1.165) is 45.2 Å². The average molecular weight is 250 g/mol. The highest BCUT2D eigenvalue weighted by Crippen LogP contribution is 2.28. The Hall–Kier alpha value is -1.12. The molecule has 2 aliphatic rings. The minimum absolute atomic E-state index is 0.00444. The Balaban J connectivity index is 1.80. The van der Waals surface area contributed by atoms with Crippen LogP contribution >= 0.6 is 0 Å². The zero-order valence-electron chi connectivity index (χ0n) is 11.0. The van der Waals surface area contributed by atoms with Gasteiger partial charge in [-0.05, 0) is 39.2 Å². The van der Waals surface area contributed by atoms with Crippen molar-refractivity contribution in [2.45, 2.75) is 43.7 Å². The molecule has 0 bridgehead atoms. The van der Waals surface area contributed by atoms with Gasteiger partial charge in [0.1, 0.15) is 5.54 Å². The number of hydrogen-bond donors (Lipinski definition) is 2. The second-order valence-corrected chi connectivity index (χ2v) is 5.46. The second-order valence-electron chi connectivity index (χ2n) is 5.46. The summed E-state index contributed by atoms with van der Waals surface area (Å²) in [5.41, 5.74) is -0.584. The maximum atomic E-state index is 12.0. The molecule has 1 amide bonds. The van der Waals surface area contributed by atoms with Gasteiger partial charge in [-0.2, -0.15) is 5.26 Å². The predicted octanol–water partition coefficient (Wildman–Crippen LogP) is 0.233. The highest BCUT2D eigenvalue weighted by Gasteiger charge is 2.35. The molecule has 0 aromatic rings. The minimum Gasteiger partial charge on any atom is -0.337 e. The van der Waals surface area contributed by atoms with Gasteiger partial charge in [-0.1, -0.05) is 0 Å². The number of nitriles is 1. The molecule has 0 aromatic heterocycles. The first-order valence-electron chi connectivity index (χ1n) is 6.79. The van der Waals surface area contributed by atoms with E-state index < -0.39 is 5.54 Å². The lowest BCUT2D eigenvalue weighted by Crippen LogP contribution is -2.49. The Kier molecular flexibility index (Phi) is 4.20.